The van der Waals surface area contributed by atoms with Gasteiger partial charge in [-0.2, -0.15) is 22.0 Å². The topological polar surface area (TPSA) is 86.5 Å². The summed E-state index contributed by atoms with van der Waals surface area (Å²) < 4.78 is 88.4. The van der Waals surface area contributed by atoms with Crippen LogP contribution in [0.5, 0.6) is 5.75 Å². The van der Waals surface area contributed by atoms with Crippen molar-refractivity contribution < 1.29 is 40.0 Å². The van der Waals surface area contributed by atoms with Gasteiger partial charge in [-0.15, -0.1) is 0 Å². The van der Waals surface area contributed by atoms with E-state index in [1.54, 1.807) is 0 Å². The Kier molecular flexibility index (Phi) is 4.63. The number of ether oxygens (including phenoxy) is 1. The van der Waals surface area contributed by atoms with E-state index in [0.717, 1.165) is 0 Å². The van der Waals surface area contributed by atoms with Crippen molar-refractivity contribution in [3.8, 4) is 5.75 Å². The summed E-state index contributed by atoms with van der Waals surface area (Å²) in [6.07, 6.45) is -5.31. The van der Waals surface area contributed by atoms with Crippen LogP contribution in [0.2, 0.25) is 0 Å². The summed E-state index contributed by atoms with van der Waals surface area (Å²) in [5.74, 6) is -1.78. The third-order valence-corrected chi connectivity index (χ3v) is 3.40. The van der Waals surface area contributed by atoms with Crippen LogP contribution in [0.25, 0.3) is 0 Å². The number of benzene rings is 1. The van der Waals surface area contributed by atoms with Gasteiger partial charge >= 0.3 is 18.5 Å². The van der Waals surface area contributed by atoms with Crippen molar-refractivity contribution >= 4 is 25.4 Å². The second-order valence-corrected chi connectivity index (χ2v) is 5.86. The average Bonchev–Trinajstić information content (AvgIpc) is 2.24. The molecule has 21 heavy (non-hydrogen) atoms. The lowest BCUT2D eigenvalue weighted by Gasteiger charge is -2.14. The van der Waals surface area contributed by atoms with E-state index in [4.69, 9.17) is 10.7 Å². The summed E-state index contributed by atoms with van der Waals surface area (Å²) in [4.78, 5) is 7.28. The highest BCUT2D eigenvalue weighted by Gasteiger charge is 2.42. The molecule has 0 spiro atoms. The van der Waals surface area contributed by atoms with Crippen molar-refractivity contribution in [2.24, 2.45) is 0 Å². The van der Waals surface area contributed by atoms with E-state index in [9.17, 15) is 40.5 Å². The summed E-state index contributed by atoms with van der Waals surface area (Å²) in [5.41, 5.74) is -3.36. The van der Waals surface area contributed by atoms with Crippen LogP contribution in [0.3, 0.4) is 0 Å². The fraction of sp³-hybridized carbons (Fsp3) is 0.250. The number of nitro benzene ring substituents is 1. The molecule has 1 aromatic rings. The van der Waals surface area contributed by atoms with Crippen LogP contribution in [-0.2, 0) is 15.2 Å². The molecule has 0 radical (unpaired) electrons. The number of nitro groups is 1. The Morgan fingerprint density at radius 1 is 1.29 bits per heavy atom. The van der Waals surface area contributed by atoms with Gasteiger partial charge < -0.3 is 4.74 Å². The first-order valence-electron chi connectivity index (χ1n) is 4.63. The predicted octanol–water partition coefficient (Wildman–Crippen LogP) is 3.14. The third-order valence-electron chi connectivity index (χ3n) is 2.04. The minimum Gasteiger partial charge on any atom is -0.426 e. The molecule has 0 aliphatic carbocycles. The Labute approximate surface area is 117 Å². The van der Waals surface area contributed by atoms with Crippen molar-refractivity contribution in [3.05, 3.63) is 27.8 Å². The number of halogens is 6. The molecule has 0 heterocycles. The fourth-order valence-corrected chi connectivity index (χ4v) is 2.64. The molecule has 1 rings (SSSR count). The fourth-order valence-electron chi connectivity index (χ4n) is 1.36. The van der Waals surface area contributed by atoms with Gasteiger partial charge in [-0.1, -0.05) is 0 Å². The van der Waals surface area contributed by atoms with E-state index in [2.05, 4.69) is 4.74 Å². The summed E-state index contributed by atoms with van der Waals surface area (Å²) in [5, 5.41) is 10.6. The highest BCUT2D eigenvalue weighted by molar-refractivity contribution is 8.13. The number of rotatable bonds is 4. The maximum Gasteiger partial charge on any atom is 0.417 e. The van der Waals surface area contributed by atoms with E-state index in [-0.39, 0.29) is 12.1 Å². The van der Waals surface area contributed by atoms with Gasteiger partial charge in [-0.3, -0.25) is 10.1 Å². The van der Waals surface area contributed by atoms with Crippen LogP contribution >= 0.6 is 10.7 Å². The Hall–Kier alpha value is -1.69. The first kappa shape index (κ1) is 17.4. The molecule has 0 aromatic heterocycles. The van der Waals surface area contributed by atoms with Crippen molar-refractivity contribution in [3.63, 3.8) is 0 Å². The minimum atomic E-state index is -5.31. The summed E-state index contributed by atoms with van der Waals surface area (Å²) in [6.45, 7) is -3.80. The number of hydrogen-bond donors (Lipinski definition) is 0. The Bertz CT molecular complexity index is 674. The van der Waals surface area contributed by atoms with Crippen molar-refractivity contribution in [1.29, 1.82) is 0 Å². The second-order valence-electron chi connectivity index (χ2n) is 3.36. The lowest BCUT2D eigenvalue weighted by Crippen LogP contribution is -2.15. The SMILES string of the molecule is O=[N+]([O-])c1ccc(C(F)(F)F)c(S(=O)(=O)Cl)c1OC(F)F. The van der Waals surface area contributed by atoms with Crippen LogP contribution in [0.15, 0.2) is 17.0 Å². The zero-order chi connectivity index (χ0) is 16.6. The molecule has 118 valence electrons. The first-order chi connectivity index (χ1) is 9.35. The van der Waals surface area contributed by atoms with Gasteiger partial charge in [0.25, 0.3) is 9.05 Å². The molecule has 0 atom stereocenters. The molecule has 13 heteroatoms. The van der Waals surface area contributed by atoms with Crippen LogP contribution in [0, 0.1) is 10.1 Å². The molecule has 0 N–H and O–H groups in total. The molecule has 6 nitrogen and oxygen atoms in total. The van der Waals surface area contributed by atoms with Gasteiger partial charge in [0.1, 0.15) is 4.90 Å². The smallest absolute Gasteiger partial charge is 0.417 e. The molecule has 0 fully saturated rings. The molecular formula is C8H3ClF5NO5S. The molecular weight excluding hydrogens is 353 g/mol. The standard InChI is InChI=1S/C8H3ClF5NO5S/c9-21(18,19)6-3(8(12,13)14)1-2-4(15(16)17)5(6)20-7(10)11/h1-2,7H. The quantitative estimate of drug-likeness (QED) is 0.358. The lowest BCUT2D eigenvalue weighted by atomic mass is 10.2. The molecule has 0 aliphatic heterocycles. The van der Waals surface area contributed by atoms with Crippen LogP contribution in [0.1, 0.15) is 5.56 Å². The maximum absolute atomic E-state index is 12.7. The van der Waals surface area contributed by atoms with Crippen molar-refractivity contribution in [1.82, 2.24) is 0 Å². The van der Waals surface area contributed by atoms with Crippen LogP contribution < -0.4 is 4.74 Å². The highest BCUT2D eigenvalue weighted by atomic mass is 35.7. The second kappa shape index (κ2) is 5.60. The number of hydrogen-bond acceptors (Lipinski definition) is 5. The van der Waals surface area contributed by atoms with E-state index >= 15 is 0 Å². The normalized spacial score (nSPS) is 12.5. The van der Waals surface area contributed by atoms with E-state index < -0.39 is 48.7 Å². The largest absolute Gasteiger partial charge is 0.426 e. The molecule has 0 saturated carbocycles. The van der Waals surface area contributed by atoms with Gasteiger partial charge in [-0.25, -0.2) is 8.42 Å². The molecule has 0 bridgehead atoms. The third kappa shape index (κ3) is 3.91. The van der Waals surface area contributed by atoms with Gasteiger partial charge in [0.15, 0.2) is 0 Å². The number of nitrogens with zero attached hydrogens (tertiary/aromatic N) is 1. The van der Waals surface area contributed by atoms with Crippen molar-refractivity contribution in [2.45, 2.75) is 17.7 Å². The Morgan fingerprint density at radius 3 is 2.14 bits per heavy atom. The van der Waals surface area contributed by atoms with E-state index in [1.165, 1.54) is 0 Å². The van der Waals surface area contributed by atoms with Crippen molar-refractivity contribution in [2.75, 3.05) is 0 Å². The molecule has 0 amide bonds. The van der Waals surface area contributed by atoms with Gasteiger partial charge in [0.2, 0.25) is 5.75 Å². The van der Waals surface area contributed by atoms with Crippen LogP contribution in [0.4, 0.5) is 27.6 Å². The molecule has 1 aromatic carbocycles. The van der Waals surface area contributed by atoms with Crippen LogP contribution in [-0.4, -0.2) is 20.0 Å². The van der Waals surface area contributed by atoms with Gasteiger partial charge in [-0.05, 0) is 6.07 Å². The minimum absolute atomic E-state index is 0.0335. The van der Waals surface area contributed by atoms with E-state index in [0.29, 0.717) is 0 Å². The van der Waals surface area contributed by atoms with Gasteiger partial charge in [0, 0.05) is 16.7 Å². The summed E-state index contributed by atoms with van der Waals surface area (Å²) in [6, 6.07) is 0.220. The number of alkyl halides is 5. The predicted molar refractivity (Wildman–Crippen MR) is 57.8 cm³/mol. The summed E-state index contributed by atoms with van der Waals surface area (Å²) in [7, 11) is -0.500. The zero-order valence-electron chi connectivity index (χ0n) is 9.40. The highest BCUT2D eigenvalue weighted by Crippen LogP contribution is 2.45. The lowest BCUT2D eigenvalue weighted by molar-refractivity contribution is -0.386. The summed E-state index contributed by atoms with van der Waals surface area (Å²) >= 11 is 0. The molecule has 0 saturated heterocycles. The maximum atomic E-state index is 12.7. The first-order valence-corrected chi connectivity index (χ1v) is 6.94. The zero-order valence-corrected chi connectivity index (χ0v) is 11.0. The average molecular weight is 356 g/mol. The Balaban J connectivity index is 3.87. The molecule has 0 aliphatic rings. The Morgan fingerprint density at radius 2 is 1.81 bits per heavy atom. The van der Waals surface area contributed by atoms with Gasteiger partial charge in [0.05, 0.1) is 10.5 Å². The molecule has 0 unspecified atom stereocenters. The monoisotopic (exact) mass is 355 g/mol. The van der Waals surface area contributed by atoms with E-state index in [1.807, 2.05) is 0 Å².